The second kappa shape index (κ2) is 6.67. The van der Waals surface area contributed by atoms with Crippen molar-refractivity contribution in [1.29, 1.82) is 0 Å². The second-order valence-corrected chi connectivity index (χ2v) is 4.44. The molecule has 0 aromatic rings. The van der Waals surface area contributed by atoms with Gasteiger partial charge in [0.2, 0.25) is 0 Å². The largest absolute Gasteiger partial charge is 0.370 e. The van der Waals surface area contributed by atoms with Crippen LogP contribution in [0.4, 0.5) is 0 Å². The van der Waals surface area contributed by atoms with E-state index < -0.39 is 0 Å². The molecule has 1 aliphatic heterocycles. The third kappa shape index (κ3) is 5.02. The third-order valence-electron chi connectivity index (χ3n) is 2.72. The van der Waals surface area contributed by atoms with Crippen LogP contribution in [0.15, 0.2) is 4.99 Å². The summed E-state index contributed by atoms with van der Waals surface area (Å²) in [6, 6.07) is 0. The van der Waals surface area contributed by atoms with E-state index in [-0.39, 0.29) is 0 Å². The molecule has 0 bridgehead atoms. The number of hydrogen-bond donors (Lipinski definition) is 1. The summed E-state index contributed by atoms with van der Waals surface area (Å²) in [5, 5.41) is 0. The Labute approximate surface area is 93.1 Å². The number of piperidine rings is 1. The molecule has 1 fully saturated rings. The Kier molecular flexibility index (Phi) is 5.47. The fraction of sp³-hybridized carbons (Fsp3) is 0.909. The Hall–Kier alpha value is -0.770. The highest BCUT2D eigenvalue weighted by Crippen LogP contribution is 2.07. The number of rotatable bonds is 4. The standard InChI is InChI=1S/C11H24N4/c1-14(2)8-6-7-13-11(12)15-9-4-3-5-10-15/h3-10H2,1-2H3,(H2,12,13). The van der Waals surface area contributed by atoms with Gasteiger partial charge in [-0.1, -0.05) is 0 Å². The molecule has 0 saturated carbocycles. The van der Waals surface area contributed by atoms with E-state index in [9.17, 15) is 0 Å². The Bertz CT molecular complexity index is 195. The molecule has 4 heteroatoms. The van der Waals surface area contributed by atoms with E-state index in [2.05, 4.69) is 28.9 Å². The van der Waals surface area contributed by atoms with E-state index in [1.54, 1.807) is 0 Å². The number of aliphatic imine (C=N–C) groups is 1. The Morgan fingerprint density at radius 1 is 1.27 bits per heavy atom. The number of nitrogens with zero attached hydrogens (tertiary/aromatic N) is 3. The van der Waals surface area contributed by atoms with E-state index in [1.807, 2.05) is 0 Å². The van der Waals surface area contributed by atoms with Gasteiger partial charge < -0.3 is 15.5 Å². The molecule has 0 radical (unpaired) electrons. The molecular formula is C11H24N4. The van der Waals surface area contributed by atoms with Crippen LogP contribution in [0.25, 0.3) is 0 Å². The molecule has 1 saturated heterocycles. The van der Waals surface area contributed by atoms with Gasteiger partial charge in [-0.2, -0.15) is 0 Å². The van der Waals surface area contributed by atoms with E-state index in [0.29, 0.717) is 0 Å². The summed E-state index contributed by atoms with van der Waals surface area (Å²) >= 11 is 0. The van der Waals surface area contributed by atoms with Gasteiger partial charge in [-0.3, -0.25) is 4.99 Å². The predicted octanol–water partition coefficient (Wildman–Crippen LogP) is 0.739. The second-order valence-electron chi connectivity index (χ2n) is 4.44. The summed E-state index contributed by atoms with van der Waals surface area (Å²) in [4.78, 5) is 8.79. The van der Waals surface area contributed by atoms with Crippen LogP contribution in [0.1, 0.15) is 25.7 Å². The molecule has 0 spiro atoms. The summed E-state index contributed by atoms with van der Waals surface area (Å²) in [6.07, 6.45) is 4.94. The quantitative estimate of drug-likeness (QED) is 0.425. The highest BCUT2D eigenvalue weighted by molar-refractivity contribution is 5.78. The van der Waals surface area contributed by atoms with E-state index in [4.69, 9.17) is 5.73 Å². The summed E-state index contributed by atoms with van der Waals surface area (Å²) in [5.74, 6) is 0.744. The third-order valence-corrected chi connectivity index (χ3v) is 2.72. The minimum absolute atomic E-state index is 0.744. The average molecular weight is 212 g/mol. The summed E-state index contributed by atoms with van der Waals surface area (Å²) < 4.78 is 0. The van der Waals surface area contributed by atoms with Crippen LogP contribution in [0.3, 0.4) is 0 Å². The van der Waals surface area contributed by atoms with Gasteiger partial charge in [0.1, 0.15) is 0 Å². The van der Waals surface area contributed by atoms with Crippen molar-refractivity contribution >= 4 is 5.96 Å². The van der Waals surface area contributed by atoms with E-state index >= 15 is 0 Å². The van der Waals surface area contributed by atoms with Crippen LogP contribution in [-0.4, -0.2) is 56.0 Å². The van der Waals surface area contributed by atoms with Crippen LogP contribution in [-0.2, 0) is 0 Å². The fourth-order valence-corrected chi connectivity index (χ4v) is 1.80. The average Bonchev–Trinajstić information content (AvgIpc) is 2.25. The first-order chi connectivity index (χ1) is 7.20. The monoisotopic (exact) mass is 212 g/mol. The van der Waals surface area contributed by atoms with Gasteiger partial charge in [-0.05, 0) is 46.3 Å². The number of guanidine groups is 1. The Balaban J connectivity index is 2.19. The first-order valence-corrected chi connectivity index (χ1v) is 5.90. The fourth-order valence-electron chi connectivity index (χ4n) is 1.80. The number of nitrogens with two attached hydrogens (primary N) is 1. The van der Waals surface area contributed by atoms with Crippen LogP contribution in [0.2, 0.25) is 0 Å². The molecule has 4 nitrogen and oxygen atoms in total. The smallest absolute Gasteiger partial charge is 0.191 e. The molecular weight excluding hydrogens is 188 g/mol. The molecule has 0 aliphatic carbocycles. The lowest BCUT2D eigenvalue weighted by Crippen LogP contribution is -2.41. The van der Waals surface area contributed by atoms with E-state index in [0.717, 1.165) is 38.6 Å². The lowest BCUT2D eigenvalue weighted by atomic mass is 10.1. The normalized spacial score (nSPS) is 18.6. The van der Waals surface area contributed by atoms with Crippen molar-refractivity contribution < 1.29 is 0 Å². The van der Waals surface area contributed by atoms with Crippen LogP contribution in [0.5, 0.6) is 0 Å². The van der Waals surface area contributed by atoms with Gasteiger partial charge in [0.05, 0.1) is 0 Å². The van der Waals surface area contributed by atoms with Gasteiger partial charge >= 0.3 is 0 Å². The maximum absolute atomic E-state index is 5.93. The van der Waals surface area contributed by atoms with Crippen LogP contribution < -0.4 is 5.73 Å². The van der Waals surface area contributed by atoms with Crippen molar-refractivity contribution in [3.63, 3.8) is 0 Å². The lowest BCUT2D eigenvalue weighted by Gasteiger charge is -2.27. The molecule has 1 aliphatic rings. The van der Waals surface area contributed by atoms with Crippen molar-refractivity contribution in [3.05, 3.63) is 0 Å². The topological polar surface area (TPSA) is 44.9 Å². The molecule has 0 amide bonds. The highest BCUT2D eigenvalue weighted by Gasteiger charge is 2.11. The molecule has 88 valence electrons. The van der Waals surface area contributed by atoms with E-state index in [1.165, 1.54) is 19.3 Å². The maximum atomic E-state index is 5.93. The van der Waals surface area contributed by atoms with Gasteiger partial charge in [0.25, 0.3) is 0 Å². The van der Waals surface area contributed by atoms with Crippen LogP contribution in [0, 0.1) is 0 Å². The minimum atomic E-state index is 0.744. The van der Waals surface area contributed by atoms with Gasteiger partial charge in [-0.25, -0.2) is 0 Å². The Morgan fingerprint density at radius 3 is 2.53 bits per heavy atom. The van der Waals surface area contributed by atoms with Gasteiger partial charge in [0, 0.05) is 19.6 Å². The van der Waals surface area contributed by atoms with Crippen molar-refractivity contribution in [2.45, 2.75) is 25.7 Å². The zero-order valence-electron chi connectivity index (χ0n) is 10.1. The zero-order valence-corrected chi connectivity index (χ0v) is 10.1. The molecule has 0 unspecified atom stereocenters. The minimum Gasteiger partial charge on any atom is -0.370 e. The zero-order chi connectivity index (χ0) is 11.1. The van der Waals surface area contributed by atoms with Gasteiger partial charge in [-0.15, -0.1) is 0 Å². The van der Waals surface area contributed by atoms with Crippen LogP contribution >= 0.6 is 0 Å². The first-order valence-electron chi connectivity index (χ1n) is 5.90. The highest BCUT2D eigenvalue weighted by atomic mass is 15.2. The van der Waals surface area contributed by atoms with Crippen molar-refractivity contribution in [2.75, 3.05) is 40.3 Å². The molecule has 2 N–H and O–H groups in total. The lowest BCUT2D eigenvalue weighted by molar-refractivity contribution is 0.337. The SMILES string of the molecule is CN(C)CCCN=C(N)N1CCCCC1. The summed E-state index contributed by atoms with van der Waals surface area (Å²) in [6.45, 7) is 4.10. The first kappa shape index (κ1) is 12.3. The number of hydrogen-bond acceptors (Lipinski definition) is 2. The maximum Gasteiger partial charge on any atom is 0.191 e. The summed E-state index contributed by atoms with van der Waals surface area (Å²) in [5.41, 5.74) is 5.93. The van der Waals surface area contributed by atoms with Crippen molar-refractivity contribution in [2.24, 2.45) is 10.7 Å². The molecule has 1 heterocycles. The molecule has 0 aromatic heterocycles. The van der Waals surface area contributed by atoms with Crippen molar-refractivity contribution in [1.82, 2.24) is 9.80 Å². The van der Waals surface area contributed by atoms with Gasteiger partial charge in [0.15, 0.2) is 5.96 Å². The van der Waals surface area contributed by atoms with Crippen molar-refractivity contribution in [3.8, 4) is 0 Å². The molecule has 0 aromatic carbocycles. The number of likely N-dealkylation sites (tertiary alicyclic amines) is 1. The Morgan fingerprint density at radius 2 is 1.93 bits per heavy atom. The predicted molar refractivity (Wildman–Crippen MR) is 65.1 cm³/mol. The molecule has 15 heavy (non-hydrogen) atoms. The molecule has 1 rings (SSSR count). The molecule has 0 atom stereocenters. The summed E-state index contributed by atoms with van der Waals surface area (Å²) in [7, 11) is 4.16.